The average Bonchev–Trinajstić information content (AvgIpc) is 2.76. The molecule has 1 aliphatic rings. The lowest BCUT2D eigenvalue weighted by Crippen LogP contribution is -2.49. The molecule has 32 heavy (non-hydrogen) atoms. The third kappa shape index (κ3) is 6.32. The second kappa shape index (κ2) is 10.2. The molecule has 0 amide bonds. The number of nitrogens with two attached hydrogens (primary N) is 1. The van der Waals surface area contributed by atoms with E-state index in [9.17, 15) is 8.42 Å². The van der Waals surface area contributed by atoms with E-state index in [1.54, 1.807) is 18.2 Å². The van der Waals surface area contributed by atoms with Gasteiger partial charge in [-0.15, -0.1) is 0 Å². The van der Waals surface area contributed by atoms with Crippen LogP contribution in [0.4, 0.5) is 0 Å². The summed E-state index contributed by atoms with van der Waals surface area (Å²) in [6, 6.07) is 23.5. The van der Waals surface area contributed by atoms with E-state index in [-0.39, 0.29) is 17.8 Å². The van der Waals surface area contributed by atoms with Crippen molar-refractivity contribution in [2.24, 2.45) is 5.73 Å². The average molecular weight is 453 g/mol. The van der Waals surface area contributed by atoms with Crippen molar-refractivity contribution in [2.75, 3.05) is 0 Å². The number of hydrogen-bond donors (Lipinski definition) is 2. The maximum Gasteiger partial charge on any atom is 0.216 e. The van der Waals surface area contributed by atoms with Crippen molar-refractivity contribution >= 4 is 10.0 Å². The maximum absolute atomic E-state index is 12.9. The van der Waals surface area contributed by atoms with Gasteiger partial charge in [0.05, 0.1) is 5.75 Å². The minimum absolute atomic E-state index is 0.150. The summed E-state index contributed by atoms with van der Waals surface area (Å²) in [7, 11) is -3.59. The van der Waals surface area contributed by atoms with E-state index in [1.807, 2.05) is 60.7 Å². The van der Waals surface area contributed by atoms with Crippen LogP contribution in [0.2, 0.25) is 0 Å². The van der Waals surface area contributed by atoms with Gasteiger partial charge in [-0.1, -0.05) is 49.2 Å². The van der Waals surface area contributed by atoms with E-state index in [2.05, 4.69) is 4.72 Å². The van der Waals surface area contributed by atoms with Crippen molar-refractivity contribution in [3.05, 3.63) is 84.4 Å². The van der Waals surface area contributed by atoms with Crippen LogP contribution in [-0.4, -0.2) is 20.5 Å². The normalized spacial score (nSPS) is 18.8. The Labute approximate surface area is 189 Å². The summed E-state index contributed by atoms with van der Waals surface area (Å²) in [5.74, 6) is 2.13. The van der Waals surface area contributed by atoms with E-state index < -0.39 is 10.0 Å². The molecule has 7 heteroatoms. The first-order valence-electron chi connectivity index (χ1n) is 10.8. The van der Waals surface area contributed by atoms with Crippen molar-refractivity contribution < 1.29 is 17.9 Å². The van der Waals surface area contributed by atoms with Crippen molar-refractivity contribution in [3.8, 4) is 23.0 Å². The molecule has 0 heterocycles. The molecule has 2 atom stereocenters. The predicted octanol–water partition coefficient (Wildman–Crippen LogP) is 4.96. The highest BCUT2D eigenvalue weighted by Gasteiger charge is 2.26. The first-order chi connectivity index (χ1) is 15.5. The second-order valence-corrected chi connectivity index (χ2v) is 9.83. The summed E-state index contributed by atoms with van der Waals surface area (Å²) in [5, 5.41) is 0. The largest absolute Gasteiger partial charge is 0.457 e. The molecule has 0 aromatic heterocycles. The molecule has 168 valence electrons. The van der Waals surface area contributed by atoms with Gasteiger partial charge in [-0.2, -0.15) is 0 Å². The molecule has 3 aromatic carbocycles. The van der Waals surface area contributed by atoms with Crippen LogP contribution >= 0.6 is 0 Å². The Bertz CT molecular complexity index is 1060. The van der Waals surface area contributed by atoms with Gasteiger partial charge in [0.1, 0.15) is 23.0 Å². The first-order valence-corrected chi connectivity index (χ1v) is 12.5. The zero-order valence-electron chi connectivity index (χ0n) is 17.8. The third-order valence-electron chi connectivity index (χ3n) is 5.40. The van der Waals surface area contributed by atoms with Crippen LogP contribution in [0.25, 0.3) is 0 Å². The molecule has 1 fully saturated rings. The highest BCUT2D eigenvalue weighted by molar-refractivity contribution is 7.88. The van der Waals surface area contributed by atoms with Gasteiger partial charge in [0.2, 0.25) is 10.0 Å². The van der Waals surface area contributed by atoms with Gasteiger partial charge in [-0.3, -0.25) is 0 Å². The second-order valence-electron chi connectivity index (χ2n) is 8.07. The van der Waals surface area contributed by atoms with Crippen molar-refractivity contribution in [1.29, 1.82) is 0 Å². The molecule has 1 saturated carbocycles. The van der Waals surface area contributed by atoms with Gasteiger partial charge < -0.3 is 15.2 Å². The summed E-state index contributed by atoms with van der Waals surface area (Å²) in [6.45, 7) is 0. The van der Waals surface area contributed by atoms with E-state index >= 15 is 0 Å². The lowest BCUT2D eigenvalue weighted by atomic mass is 9.92. The topological polar surface area (TPSA) is 90.7 Å². The van der Waals surface area contributed by atoms with Crippen LogP contribution in [-0.2, 0) is 15.8 Å². The van der Waals surface area contributed by atoms with Crippen LogP contribution < -0.4 is 19.9 Å². The lowest BCUT2D eigenvalue weighted by Gasteiger charge is -2.29. The summed E-state index contributed by atoms with van der Waals surface area (Å²) in [6.07, 6.45) is 3.62. The van der Waals surface area contributed by atoms with Crippen LogP contribution in [0, 0.1) is 0 Å². The highest BCUT2D eigenvalue weighted by Crippen LogP contribution is 2.31. The van der Waals surface area contributed by atoms with Crippen LogP contribution in [0.3, 0.4) is 0 Å². The molecule has 3 aromatic rings. The Kier molecular flexibility index (Phi) is 7.09. The number of nitrogens with one attached hydrogen (secondary N) is 1. The minimum Gasteiger partial charge on any atom is -0.457 e. The van der Waals surface area contributed by atoms with Crippen LogP contribution in [0.1, 0.15) is 31.2 Å². The fourth-order valence-corrected chi connectivity index (χ4v) is 5.32. The quantitative estimate of drug-likeness (QED) is 0.504. The van der Waals surface area contributed by atoms with E-state index in [4.69, 9.17) is 15.2 Å². The Morgan fingerprint density at radius 3 is 1.84 bits per heavy atom. The van der Waals surface area contributed by atoms with Crippen LogP contribution in [0.15, 0.2) is 78.9 Å². The number of benzene rings is 3. The summed E-state index contributed by atoms with van der Waals surface area (Å²) in [5.41, 5.74) is 6.70. The molecule has 0 saturated heterocycles. The number of rotatable bonds is 8. The Hall–Kier alpha value is -2.87. The van der Waals surface area contributed by atoms with Crippen LogP contribution in [0.5, 0.6) is 23.0 Å². The summed E-state index contributed by atoms with van der Waals surface area (Å²) >= 11 is 0. The van der Waals surface area contributed by atoms with Gasteiger partial charge in [0.25, 0.3) is 0 Å². The monoisotopic (exact) mass is 452 g/mol. The van der Waals surface area contributed by atoms with Crippen molar-refractivity contribution in [2.45, 2.75) is 43.5 Å². The molecule has 6 nitrogen and oxygen atoms in total. The zero-order valence-corrected chi connectivity index (χ0v) is 18.6. The predicted molar refractivity (Wildman–Crippen MR) is 125 cm³/mol. The van der Waals surface area contributed by atoms with E-state index in [0.29, 0.717) is 28.6 Å². The minimum atomic E-state index is -3.59. The Morgan fingerprint density at radius 1 is 0.781 bits per heavy atom. The number of hydrogen-bond acceptors (Lipinski definition) is 5. The fraction of sp³-hybridized carbons (Fsp3) is 0.280. The number of sulfonamides is 1. The maximum atomic E-state index is 12.9. The fourth-order valence-electron chi connectivity index (χ4n) is 3.88. The van der Waals surface area contributed by atoms with Gasteiger partial charge in [0, 0.05) is 18.2 Å². The third-order valence-corrected chi connectivity index (χ3v) is 6.78. The standard InChI is InChI=1S/C25H28N2O4S/c26-24-13-7-8-14-25(24)27-32(28,29)18-19-15-22(30-20-9-3-1-4-10-20)17-23(16-19)31-21-11-5-2-6-12-21/h1-6,9-12,15-17,24-25,27H,7-8,13-14,18,26H2. The van der Waals surface area contributed by atoms with Crippen molar-refractivity contribution in [3.63, 3.8) is 0 Å². The van der Waals surface area contributed by atoms with Gasteiger partial charge in [-0.05, 0) is 54.8 Å². The number of para-hydroxylation sites is 2. The molecule has 0 aliphatic heterocycles. The number of ether oxygens (including phenoxy) is 2. The molecular formula is C25H28N2O4S. The van der Waals surface area contributed by atoms with Gasteiger partial charge in [-0.25, -0.2) is 13.1 Å². The Morgan fingerprint density at radius 2 is 1.31 bits per heavy atom. The SMILES string of the molecule is NC1CCCCC1NS(=O)(=O)Cc1cc(Oc2ccccc2)cc(Oc2ccccc2)c1. The lowest BCUT2D eigenvalue weighted by molar-refractivity contribution is 0.361. The molecule has 0 spiro atoms. The van der Waals surface area contributed by atoms with Gasteiger partial charge >= 0.3 is 0 Å². The molecule has 0 radical (unpaired) electrons. The van der Waals surface area contributed by atoms with Crippen molar-refractivity contribution in [1.82, 2.24) is 4.72 Å². The van der Waals surface area contributed by atoms with Gasteiger partial charge in [0.15, 0.2) is 0 Å². The molecule has 0 bridgehead atoms. The molecule has 3 N–H and O–H groups in total. The van der Waals surface area contributed by atoms with E-state index in [0.717, 1.165) is 25.7 Å². The molecular weight excluding hydrogens is 424 g/mol. The zero-order chi connectivity index (χ0) is 22.4. The molecule has 4 rings (SSSR count). The smallest absolute Gasteiger partial charge is 0.216 e. The molecule has 2 unspecified atom stereocenters. The van der Waals surface area contributed by atoms with E-state index in [1.165, 1.54) is 0 Å². The highest BCUT2D eigenvalue weighted by atomic mass is 32.2. The first kappa shape index (κ1) is 22.3. The molecule has 1 aliphatic carbocycles. The summed E-state index contributed by atoms with van der Waals surface area (Å²) < 4.78 is 40.5. The Balaban J connectivity index is 1.57. The summed E-state index contributed by atoms with van der Waals surface area (Å²) in [4.78, 5) is 0.